The van der Waals surface area contributed by atoms with Crippen molar-refractivity contribution < 1.29 is 24.6 Å². The van der Waals surface area contributed by atoms with E-state index >= 15 is 0 Å². The summed E-state index contributed by atoms with van der Waals surface area (Å²) in [5.74, 6) is -0.857. The van der Waals surface area contributed by atoms with Crippen molar-refractivity contribution in [2.75, 3.05) is 6.54 Å². The van der Waals surface area contributed by atoms with E-state index in [2.05, 4.69) is 10.3 Å². The van der Waals surface area contributed by atoms with Crippen molar-refractivity contribution in [1.29, 1.82) is 0 Å². The van der Waals surface area contributed by atoms with Crippen molar-refractivity contribution in [3.63, 3.8) is 0 Å². The van der Waals surface area contributed by atoms with Gasteiger partial charge in [-0.1, -0.05) is 18.2 Å². The van der Waals surface area contributed by atoms with Crippen LogP contribution in [0, 0.1) is 6.92 Å². The highest BCUT2D eigenvalue weighted by Crippen LogP contribution is 2.21. The Labute approximate surface area is 167 Å². The number of hydrogen-bond acceptors (Lipinski definition) is 6. The average molecular weight is 395 g/mol. The molecule has 0 aliphatic carbocycles. The molecule has 0 unspecified atom stereocenters. The number of aliphatic hydroxyl groups is 1. The zero-order valence-corrected chi connectivity index (χ0v) is 15.8. The highest BCUT2D eigenvalue weighted by atomic mass is 16.5. The van der Waals surface area contributed by atoms with E-state index < -0.39 is 17.9 Å². The van der Waals surface area contributed by atoms with Gasteiger partial charge in [-0.2, -0.15) is 0 Å². The lowest BCUT2D eigenvalue weighted by Crippen LogP contribution is -2.41. The van der Waals surface area contributed by atoms with E-state index in [-0.39, 0.29) is 6.54 Å². The number of carbonyl (C=O) groups is 2. The van der Waals surface area contributed by atoms with Crippen LogP contribution in [0.1, 0.15) is 21.6 Å². The molecule has 0 bridgehead atoms. The standard InChI is InChI=1S/C21H21N3O5/c1-13-10-15(17-4-2-3-5-18(17)23-13)12-29-16-8-6-14(7-9-16)20(26)22-11-19(25)21(27)24-28/h2-10,19,25,28H,11-12H2,1H3,(H,22,26)(H,24,27)/t19-/m0/s1. The number of amides is 2. The fourth-order valence-electron chi connectivity index (χ4n) is 2.84. The molecule has 1 atom stereocenters. The summed E-state index contributed by atoms with van der Waals surface area (Å²) in [6.07, 6.45) is -1.54. The van der Waals surface area contributed by atoms with E-state index in [4.69, 9.17) is 9.94 Å². The minimum atomic E-state index is -1.54. The maximum absolute atomic E-state index is 12.1. The summed E-state index contributed by atoms with van der Waals surface area (Å²) in [5.41, 5.74) is 4.50. The second-order valence-corrected chi connectivity index (χ2v) is 6.45. The normalized spacial score (nSPS) is 11.7. The molecule has 1 aromatic heterocycles. The summed E-state index contributed by atoms with van der Waals surface area (Å²) >= 11 is 0. The predicted octanol–water partition coefficient (Wildman–Crippen LogP) is 1.72. The highest BCUT2D eigenvalue weighted by Gasteiger charge is 2.15. The van der Waals surface area contributed by atoms with Crippen LogP contribution in [0.25, 0.3) is 10.9 Å². The summed E-state index contributed by atoms with van der Waals surface area (Å²) < 4.78 is 5.85. The number of nitrogens with one attached hydrogen (secondary N) is 2. The van der Waals surface area contributed by atoms with Gasteiger partial charge in [-0.3, -0.25) is 19.8 Å². The molecule has 150 valence electrons. The Bertz CT molecular complexity index is 1020. The number of aryl methyl sites for hydroxylation is 1. The van der Waals surface area contributed by atoms with Gasteiger partial charge in [-0.05, 0) is 43.3 Å². The third kappa shape index (κ3) is 5.07. The molecule has 0 saturated heterocycles. The van der Waals surface area contributed by atoms with Crippen molar-refractivity contribution in [1.82, 2.24) is 15.8 Å². The maximum Gasteiger partial charge on any atom is 0.273 e. The molecular weight excluding hydrogens is 374 g/mol. The van der Waals surface area contributed by atoms with Crippen LogP contribution in [0.3, 0.4) is 0 Å². The number of aromatic nitrogens is 1. The molecule has 3 rings (SSSR count). The largest absolute Gasteiger partial charge is 0.489 e. The zero-order valence-electron chi connectivity index (χ0n) is 15.8. The van der Waals surface area contributed by atoms with Crippen LogP contribution >= 0.6 is 0 Å². The van der Waals surface area contributed by atoms with E-state index in [1.165, 1.54) is 5.48 Å². The fourth-order valence-corrected chi connectivity index (χ4v) is 2.84. The molecular formula is C21H21N3O5. The van der Waals surface area contributed by atoms with Crippen molar-refractivity contribution in [2.24, 2.45) is 0 Å². The minimum Gasteiger partial charge on any atom is -0.489 e. The molecule has 0 fully saturated rings. The van der Waals surface area contributed by atoms with Gasteiger partial charge in [-0.25, -0.2) is 5.48 Å². The Morgan fingerprint density at radius 2 is 1.86 bits per heavy atom. The van der Waals surface area contributed by atoms with E-state index in [0.29, 0.717) is 17.9 Å². The Hall–Kier alpha value is -3.49. The third-order valence-electron chi connectivity index (χ3n) is 4.31. The summed E-state index contributed by atoms with van der Waals surface area (Å²) in [6, 6.07) is 16.3. The summed E-state index contributed by atoms with van der Waals surface area (Å²) in [5, 5.41) is 21.3. The number of aliphatic hydroxyl groups excluding tert-OH is 1. The molecule has 0 radical (unpaired) electrons. The second kappa shape index (κ2) is 9.13. The number of nitrogens with zero attached hydrogens (tertiary/aromatic N) is 1. The van der Waals surface area contributed by atoms with Gasteiger partial charge in [0.2, 0.25) is 0 Å². The van der Waals surface area contributed by atoms with Gasteiger partial charge in [0.25, 0.3) is 11.8 Å². The van der Waals surface area contributed by atoms with Gasteiger partial charge in [0.05, 0.1) is 12.1 Å². The predicted molar refractivity (Wildman–Crippen MR) is 106 cm³/mol. The van der Waals surface area contributed by atoms with Crippen molar-refractivity contribution in [3.05, 3.63) is 71.4 Å². The molecule has 0 aliphatic rings. The molecule has 8 heteroatoms. The maximum atomic E-state index is 12.1. The average Bonchev–Trinajstić information content (AvgIpc) is 2.75. The number of benzene rings is 2. The number of fused-ring (bicyclic) bond motifs is 1. The summed E-state index contributed by atoms with van der Waals surface area (Å²) in [7, 11) is 0. The minimum absolute atomic E-state index is 0.321. The van der Waals surface area contributed by atoms with Crippen LogP contribution < -0.4 is 15.5 Å². The lowest BCUT2D eigenvalue weighted by atomic mass is 10.1. The van der Waals surface area contributed by atoms with E-state index in [0.717, 1.165) is 22.2 Å². The van der Waals surface area contributed by atoms with Crippen LogP contribution in [0.5, 0.6) is 5.75 Å². The van der Waals surface area contributed by atoms with Gasteiger partial charge in [0.1, 0.15) is 12.4 Å². The molecule has 29 heavy (non-hydrogen) atoms. The zero-order chi connectivity index (χ0) is 20.8. The van der Waals surface area contributed by atoms with Gasteiger partial charge in [0, 0.05) is 22.2 Å². The van der Waals surface area contributed by atoms with Gasteiger partial charge in [-0.15, -0.1) is 0 Å². The third-order valence-corrected chi connectivity index (χ3v) is 4.31. The molecule has 1 heterocycles. The number of hydrogen-bond donors (Lipinski definition) is 4. The van der Waals surface area contributed by atoms with Gasteiger partial charge >= 0.3 is 0 Å². The number of rotatable bonds is 7. The molecule has 0 saturated carbocycles. The van der Waals surface area contributed by atoms with Crippen LogP contribution in [-0.2, 0) is 11.4 Å². The second-order valence-electron chi connectivity index (χ2n) is 6.45. The monoisotopic (exact) mass is 395 g/mol. The number of para-hydroxylation sites is 1. The number of pyridine rings is 1. The van der Waals surface area contributed by atoms with Crippen LogP contribution in [0.15, 0.2) is 54.6 Å². The first-order valence-corrected chi connectivity index (χ1v) is 8.96. The Morgan fingerprint density at radius 3 is 2.59 bits per heavy atom. The smallest absolute Gasteiger partial charge is 0.273 e. The topological polar surface area (TPSA) is 121 Å². The van der Waals surface area contributed by atoms with Crippen LogP contribution in [0.2, 0.25) is 0 Å². The van der Waals surface area contributed by atoms with E-state index in [1.807, 2.05) is 37.3 Å². The Balaban J connectivity index is 1.61. The number of carbonyl (C=O) groups excluding carboxylic acids is 2. The molecule has 3 aromatic rings. The Morgan fingerprint density at radius 1 is 1.14 bits per heavy atom. The first-order chi connectivity index (χ1) is 14.0. The SMILES string of the molecule is Cc1cc(COc2ccc(C(=O)NC[C@H](O)C(=O)NO)cc2)c2ccccc2n1. The highest BCUT2D eigenvalue weighted by molar-refractivity contribution is 5.94. The van der Waals surface area contributed by atoms with E-state index in [9.17, 15) is 14.7 Å². The lowest BCUT2D eigenvalue weighted by Gasteiger charge is -2.11. The quantitative estimate of drug-likeness (QED) is 0.357. The van der Waals surface area contributed by atoms with Crippen molar-refractivity contribution in [3.8, 4) is 5.75 Å². The first-order valence-electron chi connectivity index (χ1n) is 8.96. The van der Waals surface area contributed by atoms with Crippen molar-refractivity contribution >= 4 is 22.7 Å². The lowest BCUT2D eigenvalue weighted by molar-refractivity contribution is -0.137. The molecule has 2 aromatic carbocycles. The Kier molecular flexibility index (Phi) is 6.38. The van der Waals surface area contributed by atoms with Crippen LogP contribution in [-0.4, -0.2) is 39.8 Å². The summed E-state index contributed by atoms with van der Waals surface area (Å²) in [4.78, 5) is 27.6. The molecule has 0 aliphatic heterocycles. The van der Waals surface area contributed by atoms with Crippen LogP contribution in [0.4, 0.5) is 0 Å². The summed E-state index contributed by atoms with van der Waals surface area (Å²) in [6.45, 7) is 1.97. The van der Waals surface area contributed by atoms with Gasteiger partial charge < -0.3 is 15.2 Å². The number of ether oxygens (including phenoxy) is 1. The molecule has 2 amide bonds. The first kappa shape index (κ1) is 20.2. The van der Waals surface area contributed by atoms with E-state index in [1.54, 1.807) is 24.3 Å². The fraction of sp³-hybridized carbons (Fsp3) is 0.190. The molecule has 0 spiro atoms. The molecule has 4 N–H and O–H groups in total. The van der Waals surface area contributed by atoms with Gasteiger partial charge in [0.15, 0.2) is 6.10 Å². The molecule has 8 nitrogen and oxygen atoms in total. The van der Waals surface area contributed by atoms with Crippen molar-refractivity contribution in [2.45, 2.75) is 19.6 Å². The number of hydroxylamine groups is 1.